The predicted molar refractivity (Wildman–Crippen MR) is 66.5 cm³/mol. The third-order valence-corrected chi connectivity index (χ3v) is 2.95. The zero-order valence-corrected chi connectivity index (χ0v) is 10.5. The van der Waals surface area contributed by atoms with E-state index in [-0.39, 0.29) is 11.9 Å². The number of rotatable bonds is 4. The molecular formula is C12H21N3O2. The van der Waals surface area contributed by atoms with Crippen molar-refractivity contribution in [3.05, 3.63) is 12.2 Å². The lowest BCUT2D eigenvalue weighted by Gasteiger charge is -2.20. The molecule has 1 aliphatic carbocycles. The lowest BCUT2D eigenvalue weighted by Crippen LogP contribution is -2.48. The monoisotopic (exact) mass is 239 g/mol. The molecule has 1 rings (SSSR count). The SMILES string of the molecule is CNC(=O)NC(=O)C(C)NCC1CC=CCC1. The van der Waals surface area contributed by atoms with Gasteiger partial charge >= 0.3 is 6.03 Å². The number of hydrogen-bond acceptors (Lipinski definition) is 3. The van der Waals surface area contributed by atoms with Gasteiger partial charge in [-0.3, -0.25) is 10.1 Å². The van der Waals surface area contributed by atoms with Gasteiger partial charge in [-0.2, -0.15) is 0 Å². The van der Waals surface area contributed by atoms with Crippen LogP contribution in [0.3, 0.4) is 0 Å². The molecule has 17 heavy (non-hydrogen) atoms. The van der Waals surface area contributed by atoms with E-state index in [4.69, 9.17) is 0 Å². The Morgan fingerprint density at radius 1 is 1.41 bits per heavy atom. The summed E-state index contributed by atoms with van der Waals surface area (Å²) in [6.07, 6.45) is 7.72. The van der Waals surface area contributed by atoms with E-state index in [1.807, 2.05) is 0 Å². The molecule has 0 spiro atoms. The molecule has 0 aromatic rings. The number of allylic oxidation sites excluding steroid dienone is 2. The summed E-state index contributed by atoms with van der Waals surface area (Å²) in [6, 6.07) is -0.817. The Morgan fingerprint density at radius 3 is 2.76 bits per heavy atom. The van der Waals surface area contributed by atoms with Crippen molar-refractivity contribution in [3.63, 3.8) is 0 Å². The van der Waals surface area contributed by atoms with Crippen LogP contribution in [0.1, 0.15) is 26.2 Å². The third kappa shape index (κ3) is 4.99. The lowest BCUT2D eigenvalue weighted by molar-refractivity contribution is -0.121. The quantitative estimate of drug-likeness (QED) is 0.635. The minimum atomic E-state index is -0.468. The first-order valence-corrected chi connectivity index (χ1v) is 6.04. The van der Waals surface area contributed by atoms with Crippen molar-refractivity contribution in [2.24, 2.45) is 5.92 Å². The van der Waals surface area contributed by atoms with Gasteiger partial charge in [0.1, 0.15) is 0 Å². The fourth-order valence-electron chi connectivity index (χ4n) is 1.76. The van der Waals surface area contributed by atoms with Gasteiger partial charge in [0, 0.05) is 7.05 Å². The summed E-state index contributed by atoms with van der Waals surface area (Å²) in [4.78, 5) is 22.5. The van der Waals surface area contributed by atoms with Gasteiger partial charge in [-0.05, 0) is 38.6 Å². The normalized spacial score (nSPS) is 20.7. The van der Waals surface area contributed by atoms with Crippen LogP contribution in [0.5, 0.6) is 0 Å². The minimum Gasteiger partial charge on any atom is -0.341 e. The summed E-state index contributed by atoms with van der Waals surface area (Å²) in [5, 5.41) is 7.76. The Morgan fingerprint density at radius 2 is 2.18 bits per heavy atom. The highest BCUT2D eigenvalue weighted by Crippen LogP contribution is 2.16. The molecule has 0 saturated heterocycles. The van der Waals surface area contributed by atoms with Gasteiger partial charge in [-0.1, -0.05) is 12.2 Å². The lowest BCUT2D eigenvalue weighted by atomic mass is 9.94. The molecule has 0 heterocycles. The third-order valence-electron chi connectivity index (χ3n) is 2.95. The molecule has 0 radical (unpaired) electrons. The summed E-state index contributed by atoms with van der Waals surface area (Å²) < 4.78 is 0. The number of imide groups is 1. The van der Waals surface area contributed by atoms with E-state index in [1.54, 1.807) is 6.92 Å². The molecule has 2 unspecified atom stereocenters. The van der Waals surface area contributed by atoms with Crippen LogP contribution >= 0.6 is 0 Å². The molecule has 0 fully saturated rings. The molecule has 96 valence electrons. The number of amides is 3. The Hall–Kier alpha value is -1.36. The maximum absolute atomic E-state index is 11.5. The molecule has 0 saturated carbocycles. The van der Waals surface area contributed by atoms with Gasteiger partial charge in [0.2, 0.25) is 5.91 Å². The van der Waals surface area contributed by atoms with Crippen molar-refractivity contribution in [2.45, 2.75) is 32.2 Å². The van der Waals surface area contributed by atoms with Crippen molar-refractivity contribution in [3.8, 4) is 0 Å². The van der Waals surface area contributed by atoms with Crippen LogP contribution in [0.15, 0.2) is 12.2 Å². The van der Waals surface area contributed by atoms with E-state index in [0.717, 1.165) is 25.8 Å². The van der Waals surface area contributed by atoms with Crippen LogP contribution in [0, 0.1) is 5.92 Å². The molecular weight excluding hydrogens is 218 g/mol. The van der Waals surface area contributed by atoms with Gasteiger partial charge in [0.25, 0.3) is 0 Å². The number of nitrogens with one attached hydrogen (secondary N) is 3. The van der Waals surface area contributed by atoms with Crippen LogP contribution in [-0.2, 0) is 4.79 Å². The molecule has 0 aromatic heterocycles. The standard InChI is InChI=1S/C12H21N3O2/c1-9(11(16)15-12(17)13-2)14-8-10-6-4-3-5-7-10/h3-4,9-10,14H,5-8H2,1-2H3,(H2,13,15,16,17). The van der Waals surface area contributed by atoms with Crippen molar-refractivity contribution >= 4 is 11.9 Å². The molecule has 0 bridgehead atoms. The topological polar surface area (TPSA) is 70.2 Å². The summed E-state index contributed by atoms with van der Waals surface area (Å²) in [5.74, 6) is 0.297. The second kappa shape index (κ2) is 7.06. The Balaban J connectivity index is 2.23. The molecule has 5 heteroatoms. The van der Waals surface area contributed by atoms with Crippen molar-refractivity contribution in [1.29, 1.82) is 0 Å². The zero-order chi connectivity index (χ0) is 12.7. The summed E-state index contributed by atoms with van der Waals surface area (Å²) >= 11 is 0. The fraction of sp³-hybridized carbons (Fsp3) is 0.667. The van der Waals surface area contributed by atoms with Gasteiger partial charge in [0.05, 0.1) is 6.04 Å². The van der Waals surface area contributed by atoms with E-state index in [9.17, 15) is 9.59 Å². The van der Waals surface area contributed by atoms with Crippen molar-refractivity contribution in [1.82, 2.24) is 16.0 Å². The van der Waals surface area contributed by atoms with Gasteiger partial charge in [-0.15, -0.1) is 0 Å². The van der Waals surface area contributed by atoms with Crippen LogP contribution in [0.4, 0.5) is 4.79 Å². The largest absolute Gasteiger partial charge is 0.341 e. The summed E-state index contributed by atoms with van der Waals surface area (Å²) in [5.41, 5.74) is 0. The molecule has 0 aromatic carbocycles. The Bertz CT molecular complexity index is 302. The maximum atomic E-state index is 11.5. The van der Waals surface area contributed by atoms with E-state index < -0.39 is 6.03 Å². The average Bonchev–Trinajstić information content (AvgIpc) is 2.36. The van der Waals surface area contributed by atoms with Crippen LogP contribution in [-0.4, -0.2) is 31.6 Å². The Labute approximate surface area is 102 Å². The number of urea groups is 1. The Kier molecular flexibility index (Phi) is 5.69. The van der Waals surface area contributed by atoms with Crippen molar-refractivity contribution < 1.29 is 9.59 Å². The molecule has 0 aliphatic heterocycles. The molecule has 5 nitrogen and oxygen atoms in total. The van der Waals surface area contributed by atoms with Crippen LogP contribution < -0.4 is 16.0 Å². The van der Waals surface area contributed by atoms with Gasteiger partial charge in [-0.25, -0.2) is 4.79 Å². The van der Waals surface area contributed by atoms with Crippen molar-refractivity contribution in [2.75, 3.05) is 13.6 Å². The minimum absolute atomic E-state index is 0.296. The maximum Gasteiger partial charge on any atom is 0.321 e. The highest BCUT2D eigenvalue weighted by Gasteiger charge is 2.16. The van der Waals surface area contributed by atoms with E-state index in [2.05, 4.69) is 28.1 Å². The predicted octanol–water partition coefficient (Wildman–Crippen LogP) is 0.776. The number of carbonyl (C=O) groups excluding carboxylic acids is 2. The zero-order valence-electron chi connectivity index (χ0n) is 10.5. The second-order valence-corrected chi connectivity index (χ2v) is 4.35. The number of hydrogen-bond donors (Lipinski definition) is 3. The summed E-state index contributed by atoms with van der Waals surface area (Å²) in [6.45, 7) is 2.57. The molecule has 3 amide bonds. The summed E-state index contributed by atoms with van der Waals surface area (Å²) in [7, 11) is 1.48. The van der Waals surface area contributed by atoms with E-state index in [0.29, 0.717) is 5.92 Å². The second-order valence-electron chi connectivity index (χ2n) is 4.35. The molecule has 2 atom stereocenters. The first kappa shape index (κ1) is 13.7. The van der Waals surface area contributed by atoms with E-state index in [1.165, 1.54) is 7.05 Å². The van der Waals surface area contributed by atoms with Gasteiger partial charge in [0.15, 0.2) is 0 Å². The van der Waals surface area contributed by atoms with E-state index >= 15 is 0 Å². The fourth-order valence-corrected chi connectivity index (χ4v) is 1.76. The van der Waals surface area contributed by atoms with Crippen LogP contribution in [0.25, 0.3) is 0 Å². The van der Waals surface area contributed by atoms with Crippen LogP contribution in [0.2, 0.25) is 0 Å². The van der Waals surface area contributed by atoms with Gasteiger partial charge < -0.3 is 10.6 Å². The average molecular weight is 239 g/mol. The molecule has 1 aliphatic rings. The number of carbonyl (C=O) groups is 2. The highest BCUT2D eigenvalue weighted by atomic mass is 16.2. The first-order valence-electron chi connectivity index (χ1n) is 6.04. The highest BCUT2D eigenvalue weighted by molar-refractivity contribution is 5.96. The first-order chi connectivity index (χ1) is 8.13. The molecule has 3 N–H and O–H groups in total. The smallest absolute Gasteiger partial charge is 0.321 e.